The van der Waals surface area contributed by atoms with E-state index in [1.165, 1.54) is 25.0 Å². The predicted octanol–water partition coefficient (Wildman–Crippen LogP) is 1.85. The topological polar surface area (TPSA) is 68.0 Å². The van der Waals surface area contributed by atoms with Crippen LogP contribution in [0, 0.1) is 0 Å². The van der Waals surface area contributed by atoms with E-state index in [1.54, 1.807) is 16.9 Å². The second kappa shape index (κ2) is 7.15. The lowest BCUT2D eigenvalue weighted by atomic mass is 10.2. The van der Waals surface area contributed by atoms with Crippen LogP contribution < -0.4 is 5.32 Å². The van der Waals surface area contributed by atoms with Crippen molar-refractivity contribution in [2.24, 2.45) is 0 Å². The number of hydrogen-bond acceptors (Lipinski definition) is 6. The van der Waals surface area contributed by atoms with Crippen LogP contribution in [0.4, 0.5) is 5.82 Å². The maximum absolute atomic E-state index is 4.10. The highest BCUT2D eigenvalue weighted by atomic mass is 32.2. The Morgan fingerprint density at radius 2 is 2.11 bits per heavy atom. The van der Waals surface area contributed by atoms with E-state index >= 15 is 0 Å². The van der Waals surface area contributed by atoms with Gasteiger partial charge in [0.15, 0.2) is 5.65 Å². The Morgan fingerprint density at radius 1 is 1.22 bits per heavy atom. The molecule has 0 radical (unpaired) electrons. The van der Waals surface area contributed by atoms with Gasteiger partial charge in [0.05, 0.1) is 12.4 Å². The Hall–Kier alpha value is -1.37. The van der Waals surface area contributed by atoms with Crippen molar-refractivity contribution >= 4 is 23.2 Å². The van der Waals surface area contributed by atoms with Crippen molar-refractivity contribution in [2.75, 3.05) is 23.9 Å². The summed E-state index contributed by atoms with van der Waals surface area (Å²) in [6, 6.07) is 0. The summed E-state index contributed by atoms with van der Waals surface area (Å²) >= 11 is 1.92. The molecular weight excluding hydrogens is 248 g/mol. The Morgan fingerprint density at radius 3 is 3.00 bits per heavy atom. The quantitative estimate of drug-likeness (QED) is 0.735. The molecule has 6 nitrogen and oxygen atoms in total. The number of aromatic nitrogens is 5. The van der Waals surface area contributed by atoms with Crippen LogP contribution in [0.25, 0.3) is 5.65 Å². The summed E-state index contributed by atoms with van der Waals surface area (Å²) in [5.74, 6) is 2.11. The smallest absolute Gasteiger partial charge is 0.199 e. The molecule has 0 aliphatic carbocycles. The first kappa shape index (κ1) is 13.1. The fraction of sp³-hybridized carbons (Fsp3) is 0.636. The molecule has 0 aromatic carbocycles. The Labute approximate surface area is 111 Å². The van der Waals surface area contributed by atoms with Gasteiger partial charge in [0.1, 0.15) is 5.82 Å². The molecule has 0 aliphatic rings. The van der Waals surface area contributed by atoms with Crippen LogP contribution in [0.5, 0.6) is 0 Å². The molecule has 0 saturated heterocycles. The van der Waals surface area contributed by atoms with Crippen molar-refractivity contribution in [2.45, 2.75) is 25.7 Å². The summed E-state index contributed by atoms with van der Waals surface area (Å²) in [5.41, 5.74) is 0.667. The first-order valence-electron chi connectivity index (χ1n) is 6.17. The van der Waals surface area contributed by atoms with E-state index in [2.05, 4.69) is 32.1 Å². The lowest BCUT2D eigenvalue weighted by Gasteiger charge is -2.06. The molecule has 7 heteroatoms. The molecular formula is C11H18N6S. The second-order valence-corrected chi connectivity index (χ2v) is 5.06. The third kappa shape index (κ3) is 3.56. The highest BCUT2D eigenvalue weighted by Gasteiger charge is 2.02. The maximum Gasteiger partial charge on any atom is 0.199 e. The molecule has 2 rings (SSSR count). The van der Waals surface area contributed by atoms with Crippen molar-refractivity contribution in [3.8, 4) is 0 Å². The molecule has 2 heterocycles. The van der Waals surface area contributed by atoms with Gasteiger partial charge in [-0.05, 0) is 35.3 Å². The van der Waals surface area contributed by atoms with E-state index in [0.717, 1.165) is 18.8 Å². The zero-order valence-corrected chi connectivity index (χ0v) is 11.4. The summed E-state index contributed by atoms with van der Waals surface area (Å²) in [6.07, 6.45) is 10.6. The number of nitrogens with zero attached hydrogens (tertiary/aromatic N) is 5. The molecule has 0 spiro atoms. The summed E-state index contributed by atoms with van der Waals surface area (Å²) in [7, 11) is 0. The van der Waals surface area contributed by atoms with Gasteiger partial charge in [-0.3, -0.25) is 4.98 Å². The van der Waals surface area contributed by atoms with Gasteiger partial charge < -0.3 is 5.32 Å². The molecule has 18 heavy (non-hydrogen) atoms. The van der Waals surface area contributed by atoms with Crippen LogP contribution in [-0.4, -0.2) is 43.6 Å². The van der Waals surface area contributed by atoms with Crippen molar-refractivity contribution in [3.63, 3.8) is 0 Å². The van der Waals surface area contributed by atoms with E-state index in [0.29, 0.717) is 5.65 Å². The minimum absolute atomic E-state index is 0.667. The fourth-order valence-corrected chi connectivity index (χ4v) is 2.23. The molecule has 0 unspecified atom stereocenters. The van der Waals surface area contributed by atoms with Gasteiger partial charge in [-0.15, -0.1) is 5.10 Å². The number of fused-ring (bicyclic) bond motifs is 1. The van der Waals surface area contributed by atoms with Crippen LogP contribution in [0.15, 0.2) is 12.4 Å². The van der Waals surface area contributed by atoms with Crippen molar-refractivity contribution in [3.05, 3.63) is 12.4 Å². The average Bonchev–Trinajstić information content (AvgIpc) is 2.86. The monoisotopic (exact) mass is 266 g/mol. The van der Waals surface area contributed by atoms with Crippen molar-refractivity contribution in [1.29, 1.82) is 0 Å². The van der Waals surface area contributed by atoms with Crippen LogP contribution in [0.2, 0.25) is 0 Å². The SMILES string of the molecule is CSCCCCCCNc1cncc2nnnn12. The van der Waals surface area contributed by atoms with Crippen molar-refractivity contribution < 1.29 is 0 Å². The van der Waals surface area contributed by atoms with Gasteiger partial charge in [0.2, 0.25) is 0 Å². The average molecular weight is 266 g/mol. The predicted molar refractivity (Wildman–Crippen MR) is 73.9 cm³/mol. The molecule has 0 fully saturated rings. The molecule has 98 valence electrons. The summed E-state index contributed by atoms with van der Waals surface area (Å²) in [4.78, 5) is 4.10. The van der Waals surface area contributed by atoms with E-state index < -0.39 is 0 Å². The largest absolute Gasteiger partial charge is 0.369 e. The van der Waals surface area contributed by atoms with Gasteiger partial charge >= 0.3 is 0 Å². The number of thioether (sulfide) groups is 1. The summed E-state index contributed by atoms with van der Waals surface area (Å²) in [6.45, 7) is 0.930. The molecule has 0 saturated carbocycles. The first-order chi connectivity index (χ1) is 8.92. The Kier molecular flexibility index (Phi) is 5.19. The number of anilines is 1. The maximum atomic E-state index is 4.10. The highest BCUT2D eigenvalue weighted by Crippen LogP contribution is 2.08. The molecule has 0 atom stereocenters. The normalized spacial score (nSPS) is 10.9. The van der Waals surface area contributed by atoms with E-state index in [1.807, 2.05) is 11.8 Å². The number of unbranched alkanes of at least 4 members (excludes halogenated alkanes) is 3. The van der Waals surface area contributed by atoms with E-state index in [9.17, 15) is 0 Å². The molecule has 0 amide bonds. The highest BCUT2D eigenvalue weighted by molar-refractivity contribution is 7.98. The van der Waals surface area contributed by atoms with E-state index in [4.69, 9.17) is 0 Å². The molecule has 0 bridgehead atoms. The third-order valence-corrected chi connectivity index (χ3v) is 3.39. The Balaban J connectivity index is 1.72. The number of rotatable bonds is 8. The standard InChI is InChI=1S/C11H18N6S/c1-18-7-5-3-2-4-6-13-10-8-12-9-11-14-15-16-17(10)11/h8-9,13H,2-7H2,1H3. The molecule has 2 aromatic rings. The lowest BCUT2D eigenvalue weighted by Crippen LogP contribution is -2.07. The number of tetrazole rings is 1. The third-order valence-electron chi connectivity index (χ3n) is 2.69. The number of hydrogen-bond donors (Lipinski definition) is 1. The zero-order valence-electron chi connectivity index (χ0n) is 10.5. The zero-order chi connectivity index (χ0) is 12.6. The fourth-order valence-electron chi connectivity index (χ4n) is 1.74. The minimum atomic E-state index is 0.667. The van der Waals surface area contributed by atoms with Gasteiger partial charge in [-0.1, -0.05) is 12.8 Å². The molecule has 0 aliphatic heterocycles. The lowest BCUT2D eigenvalue weighted by molar-refractivity contribution is 0.686. The van der Waals surface area contributed by atoms with Crippen LogP contribution in [0.3, 0.4) is 0 Å². The minimum Gasteiger partial charge on any atom is -0.369 e. The summed E-state index contributed by atoms with van der Waals surface area (Å²) in [5, 5.41) is 14.7. The van der Waals surface area contributed by atoms with E-state index in [-0.39, 0.29) is 0 Å². The summed E-state index contributed by atoms with van der Waals surface area (Å²) < 4.78 is 1.67. The number of nitrogens with one attached hydrogen (secondary N) is 1. The van der Waals surface area contributed by atoms with Gasteiger partial charge in [0, 0.05) is 6.54 Å². The van der Waals surface area contributed by atoms with Crippen LogP contribution in [-0.2, 0) is 0 Å². The Bertz CT molecular complexity index is 471. The molecule has 1 N–H and O–H groups in total. The first-order valence-corrected chi connectivity index (χ1v) is 7.56. The van der Waals surface area contributed by atoms with Gasteiger partial charge in [-0.2, -0.15) is 16.3 Å². The van der Waals surface area contributed by atoms with Crippen molar-refractivity contribution in [1.82, 2.24) is 25.0 Å². The second-order valence-electron chi connectivity index (χ2n) is 4.08. The van der Waals surface area contributed by atoms with Crippen LogP contribution >= 0.6 is 11.8 Å². The van der Waals surface area contributed by atoms with Gasteiger partial charge in [-0.25, -0.2) is 0 Å². The van der Waals surface area contributed by atoms with Crippen LogP contribution in [0.1, 0.15) is 25.7 Å². The molecule has 2 aromatic heterocycles. The van der Waals surface area contributed by atoms with Gasteiger partial charge in [0.25, 0.3) is 0 Å².